The van der Waals surface area contributed by atoms with Crippen LogP contribution in [0.3, 0.4) is 0 Å². The molecule has 0 heterocycles. The largest absolute Gasteiger partial charge is 0.478 e. The number of rotatable bonds is 2. The van der Waals surface area contributed by atoms with Crippen molar-refractivity contribution in [2.45, 2.75) is 71.6 Å². The number of hydrogen-bond acceptors (Lipinski definition) is 4. The molecule has 29 heavy (non-hydrogen) atoms. The molecule has 0 aromatic carbocycles. The topological polar surface area (TPSA) is 109 Å². The van der Waals surface area contributed by atoms with Gasteiger partial charge in [0.2, 0.25) is 0 Å². The number of aliphatic carboxylic acids is 2. The van der Waals surface area contributed by atoms with Crippen molar-refractivity contribution in [1.29, 1.82) is 0 Å². The Morgan fingerprint density at radius 2 is 1.59 bits per heavy atom. The Balaban J connectivity index is 0.000000258. The summed E-state index contributed by atoms with van der Waals surface area (Å²) in [7, 11) is 0. The average Bonchev–Trinajstić information content (AvgIpc) is 2.96. The third-order valence-corrected chi connectivity index (χ3v) is 8.47. The second-order valence-corrected chi connectivity index (χ2v) is 9.79. The van der Waals surface area contributed by atoms with E-state index >= 15 is 0 Å². The zero-order valence-electron chi connectivity index (χ0n) is 17.4. The number of carboxylic acids is 2. The van der Waals surface area contributed by atoms with Gasteiger partial charge in [-0.15, -0.1) is 0 Å². The van der Waals surface area contributed by atoms with Gasteiger partial charge in [0.1, 0.15) is 11.6 Å². The maximum atomic E-state index is 12.9. The highest BCUT2D eigenvalue weighted by molar-refractivity contribution is 5.91. The molecular formula is C23H32O6. The molecule has 160 valence electrons. The first kappa shape index (κ1) is 21.7. The third-order valence-electron chi connectivity index (χ3n) is 8.47. The molecule has 4 rings (SSSR count). The molecule has 0 saturated heterocycles. The summed E-state index contributed by atoms with van der Waals surface area (Å²) in [5, 5.41) is 15.6. The maximum Gasteiger partial charge on any atom is 0.328 e. The van der Waals surface area contributed by atoms with E-state index in [1.807, 2.05) is 0 Å². The van der Waals surface area contributed by atoms with E-state index in [2.05, 4.69) is 13.8 Å². The lowest BCUT2D eigenvalue weighted by atomic mass is 9.45. The molecule has 0 aliphatic heterocycles. The fraction of sp³-hybridized carbons (Fsp3) is 0.739. The minimum atomic E-state index is -1.26. The van der Waals surface area contributed by atoms with Crippen molar-refractivity contribution >= 4 is 23.5 Å². The van der Waals surface area contributed by atoms with Gasteiger partial charge in [-0.05, 0) is 55.3 Å². The minimum absolute atomic E-state index is 0.172. The molecule has 0 amide bonds. The second kappa shape index (κ2) is 8.04. The van der Waals surface area contributed by atoms with E-state index in [0.717, 1.165) is 32.1 Å². The van der Waals surface area contributed by atoms with E-state index in [1.54, 1.807) is 0 Å². The van der Waals surface area contributed by atoms with Gasteiger partial charge in [-0.2, -0.15) is 0 Å². The maximum absolute atomic E-state index is 12.9. The molecule has 4 aliphatic carbocycles. The fourth-order valence-corrected chi connectivity index (χ4v) is 6.88. The summed E-state index contributed by atoms with van der Waals surface area (Å²) >= 11 is 0. The van der Waals surface area contributed by atoms with Gasteiger partial charge >= 0.3 is 11.9 Å². The fourth-order valence-electron chi connectivity index (χ4n) is 6.88. The molecule has 6 atom stereocenters. The van der Waals surface area contributed by atoms with Crippen molar-refractivity contribution in [2.24, 2.45) is 34.5 Å². The summed E-state index contributed by atoms with van der Waals surface area (Å²) in [6.45, 7) is 4.63. The molecule has 0 unspecified atom stereocenters. The van der Waals surface area contributed by atoms with Gasteiger partial charge in [0.25, 0.3) is 0 Å². The summed E-state index contributed by atoms with van der Waals surface area (Å²) in [5.74, 6) is 0.185. The molecule has 6 heteroatoms. The third kappa shape index (κ3) is 3.90. The predicted octanol–water partition coefficient (Wildman–Crippen LogP) is 3.88. The lowest BCUT2D eigenvalue weighted by Gasteiger charge is -2.58. The van der Waals surface area contributed by atoms with Gasteiger partial charge in [-0.1, -0.05) is 26.7 Å². The van der Waals surface area contributed by atoms with Crippen LogP contribution in [0.5, 0.6) is 0 Å². The molecule has 0 aromatic heterocycles. The summed E-state index contributed by atoms with van der Waals surface area (Å²) < 4.78 is 0. The highest BCUT2D eigenvalue weighted by atomic mass is 16.4. The molecule has 4 fully saturated rings. The van der Waals surface area contributed by atoms with Gasteiger partial charge in [-0.25, -0.2) is 9.59 Å². The number of fused-ring (bicyclic) bond motifs is 5. The lowest BCUT2D eigenvalue weighted by Crippen LogP contribution is -2.56. The van der Waals surface area contributed by atoms with Crippen molar-refractivity contribution in [1.82, 2.24) is 0 Å². The molecule has 4 saturated carbocycles. The Hall–Kier alpha value is -1.98. The highest BCUT2D eigenvalue weighted by Crippen LogP contribution is 2.64. The van der Waals surface area contributed by atoms with Crippen LogP contribution in [0.4, 0.5) is 0 Å². The number of hydrogen-bond donors (Lipinski definition) is 2. The summed E-state index contributed by atoms with van der Waals surface area (Å²) in [5.41, 5.74) is 0.207. The highest BCUT2D eigenvalue weighted by Gasteiger charge is 2.62. The van der Waals surface area contributed by atoms with Crippen LogP contribution in [0.15, 0.2) is 12.2 Å². The Kier molecular flexibility index (Phi) is 6.02. The molecule has 2 N–H and O–H groups in total. The van der Waals surface area contributed by atoms with Crippen LogP contribution in [0.25, 0.3) is 0 Å². The van der Waals surface area contributed by atoms with E-state index in [9.17, 15) is 19.2 Å². The SMILES string of the molecule is C[C@]12CCCC[C@@H]1CC(=O)[C@@H]1[C@@H]2CC[C@]2(C)C(=O)CC[C@@H]12.O=C(O)C=CC(=O)O. The number of carbonyl (C=O) groups is 4. The lowest BCUT2D eigenvalue weighted by molar-refractivity contribution is -0.156. The monoisotopic (exact) mass is 404 g/mol. The Morgan fingerprint density at radius 1 is 0.931 bits per heavy atom. The molecule has 0 aromatic rings. The van der Waals surface area contributed by atoms with Crippen molar-refractivity contribution < 1.29 is 29.4 Å². The van der Waals surface area contributed by atoms with Crippen LogP contribution in [-0.2, 0) is 19.2 Å². The van der Waals surface area contributed by atoms with Crippen LogP contribution in [0.1, 0.15) is 71.6 Å². The zero-order valence-corrected chi connectivity index (χ0v) is 17.4. The standard InChI is InChI=1S/C19H28O2.C4H4O4/c1-18-9-4-3-5-12(18)11-15(20)17-13-6-7-16(21)19(13,2)10-8-14(17)18;5-3(6)1-2-4(7)8/h12-14,17H,3-11H2,1-2H3;1-2H,(H,5,6)(H,7,8)/t12-,13+,14+,17+,18+,19+;/m1./s1. The first-order valence-electron chi connectivity index (χ1n) is 10.8. The van der Waals surface area contributed by atoms with Gasteiger partial charge in [-0.3, -0.25) is 9.59 Å². The molecule has 6 nitrogen and oxygen atoms in total. The molecule has 0 radical (unpaired) electrons. The van der Waals surface area contributed by atoms with Crippen LogP contribution in [0, 0.1) is 34.5 Å². The Morgan fingerprint density at radius 3 is 2.21 bits per heavy atom. The number of ketones is 2. The van der Waals surface area contributed by atoms with Crippen LogP contribution >= 0.6 is 0 Å². The predicted molar refractivity (Wildman–Crippen MR) is 106 cm³/mol. The molecule has 0 bridgehead atoms. The number of carboxylic acid groups (broad SMARTS) is 2. The van der Waals surface area contributed by atoms with Gasteiger partial charge in [0, 0.05) is 36.3 Å². The summed E-state index contributed by atoms with van der Waals surface area (Å²) in [6, 6.07) is 0. The smallest absolute Gasteiger partial charge is 0.328 e. The van der Waals surface area contributed by atoms with Crippen molar-refractivity contribution in [3.05, 3.63) is 12.2 Å². The van der Waals surface area contributed by atoms with E-state index < -0.39 is 11.9 Å². The Labute approximate surface area is 171 Å². The molecule has 0 spiro atoms. The van der Waals surface area contributed by atoms with Crippen LogP contribution in [0.2, 0.25) is 0 Å². The second-order valence-electron chi connectivity index (χ2n) is 9.79. The summed E-state index contributed by atoms with van der Waals surface area (Å²) in [6.07, 6.45) is 11.0. The van der Waals surface area contributed by atoms with Gasteiger partial charge in [0.05, 0.1) is 0 Å². The van der Waals surface area contributed by atoms with E-state index in [-0.39, 0.29) is 11.3 Å². The van der Waals surface area contributed by atoms with E-state index in [1.165, 1.54) is 25.7 Å². The molecule has 4 aliphatic rings. The minimum Gasteiger partial charge on any atom is -0.478 e. The normalized spacial score (nSPS) is 41.0. The quantitative estimate of drug-likeness (QED) is 0.676. The Bertz CT molecular complexity index is 724. The van der Waals surface area contributed by atoms with E-state index in [0.29, 0.717) is 46.9 Å². The van der Waals surface area contributed by atoms with Crippen LogP contribution in [-0.4, -0.2) is 33.7 Å². The van der Waals surface area contributed by atoms with Crippen LogP contribution < -0.4 is 0 Å². The first-order chi connectivity index (χ1) is 13.6. The average molecular weight is 405 g/mol. The number of Topliss-reactive ketones (excluding diaryl/α,β-unsaturated/α-hetero) is 2. The van der Waals surface area contributed by atoms with Crippen molar-refractivity contribution in [3.63, 3.8) is 0 Å². The zero-order chi connectivity index (χ0) is 21.4. The van der Waals surface area contributed by atoms with Gasteiger partial charge < -0.3 is 10.2 Å². The summed E-state index contributed by atoms with van der Waals surface area (Å²) in [4.78, 5) is 44.4. The molecular weight excluding hydrogens is 372 g/mol. The first-order valence-corrected chi connectivity index (χ1v) is 10.8. The van der Waals surface area contributed by atoms with E-state index in [4.69, 9.17) is 10.2 Å². The van der Waals surface area contributed by atoms with Crippen molar-refractivity contribution in [3.8, 4) is 0 Å². The van der Waals surface area contributed by atoms with Crippen molar-refractivity contribution in [2.75, 3.05) is 0 Å². The van der Waals surface area contributed by atoms with Gasteiger partial charge in [0.15, 0.2) is 0 Å². The number of carbonyl (C=O) groups excluding carboxylic acids is 2.